The van der Waals surface area contributed by atoms with Crippen LogP contribution in [0.25, 0.3) is 0 Å². The van der Waals surface area contributed by atoms with Crippen LogP contribution in [0.15, 0.2) is 36.4 Å². The summed E-state index contributed by atoms with van der Waals surface area (Å²) >= 11 is 0. The van der Waals surface area contributed by atoms with E-state index in [0.29, 0.717) is 19.0 Å². The van der Waals surface area contributed by atoms with Crippen LogP contribution in [-0.4, -0.2) is 35.6 Å². The van der Waals surface area contributed by atoms with E-state index >= 15 is 0 Å². The average Bonchev–Trinajstić information content (AvgIpc) is 3.20. The topological polar surface area (TPSA) is 88.4 Å². The lowest BCUT2D eigenvalue weighted by Gasteiger charge is -2.17. The molecule has 0 saturated carbocycles. The second-order valence-electron chi connectivity index (χ2n) is 6.52. The fourth-order valence-corrected chi connectivity index (χ4v) is 3.82. The third kappa shape index (κ3) is 2.67. The summed E-state index contributed by atoms with van der Waals surface area (Å²) in [5.41, 5.74) is 1.77. The highest BCUT2D eigenvalue weighted by atomic mass is 16.5. The van der Waals surface area contributed by atoms with Crippen molar-refractivity contribution in [2.75, 3.05) is 20.3 Å². The molecule has 0 amide bonds. The Morgan fingerprint density at radius 1 is 0.800 bits per heavy atom. The molecule has 0 bridgehead atoms. The predicted octanol–water partition coefficient (Wildman–Crippen LogP) is 2.89. The molecule has 4 rings (SSSR count). The summed E-state index contributed by atoms with van der Waals surface area (Å²) in [5, 5.41) is 29.0. The van der Waals surface area contributed by atoms with E-state index in [1.54, 1.807) is 24.3 Å². The third-order valence-electron chi connectivity index (χ3n) is 5.12. The fraction of sp³-hybridized carbons (Fsp3) is 0.368. The van der Waals surface area contributed by atoms with Crippen molar-refractivity contribution in [2.45, 2.75) is 12.2 Å². The Balaban J connectivity index is 1.58. The lowest BCUT2D eigenvalue weighted by atomic mass is 9.85. The van der Waals surface area contributed by atoms with Gasteiger partial charge in [0.1, 0.15) is 0 Å². The summed E-state index contributed by atoms with van der Waals surface area (Å²) in [4.78, 5) is 0. The summed E-state index contributed by atoms with van der Waals surface area (Å²) < 4.78 is 17.2. The zero-order valence-corrected chi connectivity index (χ0v) is 13.8. The molecule has 4 atom stereocenters. The monoisotopic (exact) mass is 344 g/mol. The highest BCUT2D eigenvalue weighted by Gasteiger charge is 2.48. The number of fused-ring (bicyclic) bond motifs is 1. The third-order valence-corrected chi connectivity index (χ3v) is 5.12. The van der Waals surface area contributed by atoms with Crippen LogP contribution in [0.4, 0.5) is 0 Å². The number of hydrogen-bond acceptors (Lipinski definition) is 6. The summed E-state index contributed by atoms with van der Waals surface area (Å²) in [7, 11) is 1.52. The average molecular weight is 344 g/mol. The number of rotatable bonds is 3. The van der Waals surface area contributed by atoms with Crippen molar-refractivity contribution in [1.29, 1.82) is 0 Å². The molecule has 25 heavy (non-hydrogen) atoms. The second kappa shape index (κ2) is 6.13. The summed E-state index contributed by atoms with van der Waals surface area (Å²) in [6.07, 6.45) is -0.310. The van der Waals surface area contributed by atoms with Crippen molar-refractivity contribution in [3.8, 4) is 23.0 Å². The highest BCUT2D eigenvalue weighted by Crippen LogP contribution is 2.51. The Labute approximate surface area is 145 Å². The minimum Gasteiger partial charge on any atom is -0.504 e. The number of aromatic hydroxyl groups is 3. The molecular weight excluding hydrogens is 324 g/mol. The first-order chi connectivity index (χ1) is 12.1. The van der Waals surface area contributed by atoms with E-state index in [4.69, 9.17) is 14.2 Å². The minimum absolute atomic E-state index is 0.0981. The number of benzene rings is 2. The van der Waals surface area contributed by atoms with Crippen molar-refractivity contribution in [1.82, 2.24) is 0 Å². The van der Waals surface area contributed by atoms with E-state index in [0.717, 1.165) is 11.1 Å². The number of phenolic OH excluding ortho intramolecular Hbond substituents is 3. The fourth-order valence-electron chi connectivity index (χ4n) is 3.82. The van der Waals surface area contributed by atoms with Gasteiger partial charge in [-0.3, -0.25) is 0 Å². The van der Waals surface area contributed by atoms with Crippen molar-refractivity contribution in [3.63, 3.8) is 0 Å². The normalized spacial score (nSPS) is 28.0. The molecule has 2 heterocycles. The van der Waals surface area contributed by atoms with Gasteiger partial charge in [-0.2, -0.15) is 0 Å². The molecule has 6 nitrogen and oxygen atoms in total. The van der Waals surface area contributed by atoms with E-state index in [-0.39, 0.29) is 41.3 Å². The molecule has 0 aromatic heterocycles. The Morgan fingerprint density at radius 3 is 1.92 bits per heavy atom. The maximum absolute atomic E-state index is 9.77. The SMILES string of the molecule is COc1cc([C@@H]2OC[C@H]3[C@@H]2CO[C@@H]3c2ccc(O)c(O)c2)ccc1O. The summed E-state index contributed by atoms with van der Waals surface area (Å²) in [6, 6.07) is 10.0. The molecule has 132 valence electrons. The number of hydrogen-bond donors (Lipinski definition) is 3. The van der Waals surface area contributed by atoms with Gasteiger partial charge in [0.25, 0.3) is 0 Å². The lowest BCUT2D eigenvalue weighted by molar-refractivity contribution is 0.0191. The van der Waals surface area contributed by atoms with Gasteiger partial charge in [0.2, 0.25) is 0 Å². The van der Waals surface area contributed by atoms with Crippen molar-refractivity contribution in [3.05, 3.63) is 47.5 Å². The molecule has 0 radical (unpaired) electrons. The van der Waals surface area contributed by atoms with Gasteiger partial charge in [0.05, 0.1) is 32.5 Å². The van der Waals surface area contributed by atoms with Crippen LogP contribution in [0, 0.1) is 11.8 Å². The van der Waals surface area contributed by atoms with Crippen LogP contribution >= 0.6 is 0 Å². The Hall–Kier alpha value is -2.44. The summed E-state index contributed by atoms with van der Waals surface area (Å²) in [6.45, 7) is 1.09. The van der Waals surface area contributed by atoms with Gasteiger partial charge in [-0.05, 0) is 35.4 Å². The quantitative estimate of drug-likeness (QED) is 0.742. The molecule has 2 aromatic rings. The van der Waals surface area contributed by atoms with Gasteiger partial charge in [-0.15, -0.1) is 0 Å². The van der Waals surface area contributed by atoms with Crippen LogP contribution in [0.1, 0.15) is 23.3 Å². The van der Waals surface area contributed by atoms with E-state index < -0.39 is 0 Å². The first kappa shape index (κ1) is 16.1. The van der Waals surface area contributed by atoms with Crippen molar-refractivity contribution < 1.29 is 29.5 Å². The molecule has 2 aliphatic heterocycles. The van der Waals surface area contributed by atoms with Gasteiger partial charge in [-0.1, -0.05) is 12.1 Å². The smallest absolute Gasteiger partial charge is 0.160 e. The molecule has 0 aliphatic carbocycles. The van der Waals surface area contributed by atoms with E-state index in [2.05, 4.69) is 0 Å². The van der Waals surface area contributed by atoms with Crippen LogP contribution < -0.4 is 4.74 Å². The van der Waals surface area contributed by atoms with Crippen LogP contribution in [0.2, 0.25) is 0 Å². The first-order valence-electron chi connectivity index (χ1n) is 8.20. The predicted molar refractivity (Wildman–Crippen MR) is 88.8 cm³/mol. The van der Waals surface area contributed by atoms with Gasteiger partial charge in [0, 0.05) is 11.8 Å². The largest absolute Gasteiger partial charge is 0.504 e. The second-order valence-corrected chi connectivity index (χ2v) is 6.52. The van der Waals surface area contributed by atoms with Crippen LogP contribution in [-0.2, 0) is 9.47 Å². The van der Waals surface area contributed by atoms with Gasteiger partial charge >= 0.3 is 0 Å². The standard InChI is InChI=1S/C19H20O6/c1-23-17-7-11(3-5-15(17)21)19-13-9-24-18(12(13)8-25-19)10-2-4-14(20)16(22)6-10/h2-7,12-13,18-22H,8-9H2,1H3/t12-,13-,18+,19-/m0/s1. The molecular formula is C19H20O6. The number of methoxy groups -OCH3 is 1. The zero-order valence-electron chi connectivity index (χ0n) is 13.8. The van der Waals surface area contributed by atoms with Gasteiger partial charge < -0.3 is 29.5 Å². The molecule has 0 spiro atoms. The molecule has 2 saturated heterocycles. The lowest BCUT2D eigenvalue weighted by Crippen LogP contribution is -2.14. The molecule has 2 fully saturated rings. The van der Waals surface area contributed by atoms with E-state index in [1.165, 1.54) is 13.2 Å². The number of phenols is 3. The van der Waals surface area contributed by atoms with E-state index in [1.807, 2.05) is 6.07 Å². The van der Waals surface area contributed by atoms with Crippen LogP contribution in [0.5, 0.6) is 23.0 Å². The van der Waals surface area contributed by atoms with Gasteiger partial charge in [-0.25, -0.2) is 0 Å². The maximum Gasteiger partial charge on any atom is 0.160 e. The molecule has 2 aliphatic rings. The molecule has 6 heteroatoms. The highest BCUT2D eigenvalue weighted by molar-refractivity contribution is 5.44. The van der Waals surface area contributed by atoms with E-state index in [9.17, 15) is 15.3 Å². The first-order valence-corrected chi connectivity index (χ1v) is 8.20. The van der Waals surface area contributed by atoms with Crippen molar-refractivity contribution in [2.24, 2.45) is 11.8 Å². The zero-order chi connectivity index (χ0) is 17.6. The maximum atomic E-state index is 9.77. The van der Waals surface area contributed by atoms with Crippen LogP contribution in [0.3, 0.4) is 0 Å². The Bertz CT molecular complexity index is 789. The molecule has 3 N–H and O–H groups in total. The Morgan fingerprint density at radius 2 is 1.36 bits per heavy atom. The Kier molecular flexibility index (Phi) is 3.94. The summed E-state index contributed by atoms with van der Waals surface area (Å²) in [5.74, 6) is 0.562. The minimum atomic E-state index is -0.180. The van der Waals surface area contributed by atoms with Crippen molar-refractivity contribution >= 4 is 0 Å². The van der Waals surface area contributed by atoms with Gasteiger partial charge in [0.15, 0.2) is 23.0 Å². The molecule has 0 unspecified atom stereocenters. The number of ether oxygens (including phenoxy) is 3. The molecule has 2 aromatic carbocycles.